The SMILES string of the molecule is CNC(CCCCOc1ccccc1)COC. The summed E-state index contributed by atoms with van der Waals surface area (Å²) >= 11 is 0. The lowest BCUT2D eigenvalue weighted by atomic mass is 10.1. The lowest BCUT2D eigenvalue weighted by molar-refractivity contribution is 0.163. The number of hydrogen-bond donors (Lipinski definition) is 1. The minimum absolute atomic E-state index is 0.455. The summed E-state index contributed by atoms with van der Waals surface area (Å²) in [7, 11) is 3.72. The first-order valence-electron chi connectivity index (χ1n) is 6.21. The average Bonchev–Trinajstić information content (AvgIpc) is 2.38. The molecule has 0 aliphatic heterocycles. The molecule has 96 valence electrons. The van der Waals surface area contributed by atoms with Crippen molar-refractivity contribution in [2.75, 3.05) is 27.4 Å². The summed E-state index contributed by atoms with van der Waals surface area (Å²) in [6, 6.07) is 10.4. The van der Waals surface area contributed by atoms with E-state index in [1.165, 1.54) is 0 Å². The smallest absolute Gasteiger partial charge is 0.119 e. The Morgan fingerprint density at radius 3 is 2.59 bits per heavy atom. The van der Waals surface area contributed by atoms with Crippen molar-refractivity contribution in [2.45, 2.75) is 25.3 Å². The molecule has 0 saturated carbocycles. The van der Waals surface area contributed by atoms with Gasteiger partial charge in [-0.3, -0.25) is 0 Å². The summed E-state index contributed by atoms with van der Waals surface area (Å²) < 4.78 is 10.8. The van der Waals surface area contributed by atoms with Crippen molar-refractivity contribution in [1.29, 1.82) is 0 Å². The van der Waals surface area contributed by atoms with Gasteiger partial charge in [0, 0.05) is 13.2 Å². The number of nitrogens with one attached hydrogen (secondary N) is 1. The van der Waals surface area contributed by atoms with E-state index in [-0.39, 0.29) is 0 Å². The molecule has 0 amide bonds. The van der Waals surface area contributed by atoms with Crippen LogP contribution in [0.4, 0.5) is 0 Å². The van der Waals surface area contributed by atoms with Crippen molar-refractivity contribution >= 4 is 0 Å². The summed E-state index contributed by atoms with van der Waals surface area (Å²) in [6.07, 6.45) is 3.36. The van der Waals surface area contributed by atoms with Gasteiger partial charge in [-0.15, -0.1) is 0 Å². The largest absolute Gasteiger partial charge is 0.494 e. The van der Waals surface area contributed by atoms with E-state index >= 15 is 0 Å². The molecule has 1 atom stereocenters. The number of methoxy groups -OCH3 is 1. The van der Waals surface area contributed by atoms with Gasteiger partial charge >= 0.3 is 0 Å². The molecule has 0 fully saturated rings. The van der Waals surface area contributed by atoms with Crippen molar-refractivity contribution < 1.29 is 9.47 Å². The van der Waals surface area contributed by atoms with Crippen LogP contribution in [0.25, 0.3) is 0 Å². The number of benzene rings is 1. The molecule has 1 rings (SSSR count). The van der Waals surface area contributed by atoms with Crippen molar-refractivity contribution in [1.82, 2.24) is 5.32 Å². The number of unbranched alkanes of at least 4 members (excludes halogenated alkanes) is 1. The molecule has 0 bridgehead atoms. The highest BCUT2D eigenvalue weighted by Gasteiger charge is 2.04. The monoisotopic (exact) mass is 237 g/mol. The molecule has 1 aromatic carbocycles. The molecule has 0 aliphatic rings. The van der Waals surface area contributed by atoms with Crippen molar-refractivity contribution in [3.63, 3.8) is 0 Å². The van der Waals surface area contributed by atoms with Crippen LogP contribution >= 0.6 is 0 Å². The summed E-state index contributed by atoms with van der Waals surface area (Å²) in [5, 5.41) is 3.25. The Labute approximate surface area is 104 Å². The fourth-order valence-corrected chi connectivity index (χ4v) is 1.71. The Balaban J connectivity index is 2.04. The maximum atomic E-state index is 5.63. The van der Waals surface area contributed by atoms with Crippen LogP contribution in [-0.4, -0.2) is 33.4 Å². The van der Waals surface area contributed by atoms with Gasteiger partial charge in [0.1, 0.15) is 5.75 Å². The summed E-state index contributed by atoms with van der Waals surface area (Å²) in [4.78, 5) is 0. The van der Waals surface area contributed by atoms with E-state index in [2.05, 4.69) is 5.32 Å². The van der Waals surface area contributed by atoms with E-state index in [1.807, 2.05) is 37.4 Å². The van der Waals surface area contributed by atoms with E-state index in [4.69, 9.17) is 9.47 Å². The Morgan fingerprint density at radius 2 is 1.94 bits per heavy atom. The van der Waals surface area contributed by atoms with Crippen molar-refractivity contribution in [3.8, 4) is 5.75 Å². The molecule has 1 unspecified atom stereocenters. The third-order valence-corrected chi connectivity index (χ3v) is 2.73. The van der Waals surface area contributed by atoms with E-state index in [0.717, 1.165) is 38.2 Å². The lowest BCUT2D eigenvalue weighted by Gasteiger charge is -2.14. The first-order chi connectivity index (χ1) is 8.36. The Hall–Kier alpha value is -1.06. The van der Waals surface area contributed by atoms with Crippen LogP contribution in [0, 0.1) is 0 Å². The van der Waals surface area contributed by atoms with Crippen LogP contribution in [0.3, 0.4) is 0 Å². The maximum Gasteiger partial charge on any atom is 0.119 e. The van der Waals surface area contributed by atoms with Crippen LogP contribution in [0.5, 0.6) is 5.75 Å². The topological polar surface area (TPSA) is 30.5 Å². The highest BCUT2D eigenvalue weighted by atomic mass is 16.5. The molecule has 0 aromatic heterocycles. The Kier molecular flexibility index (Phi) is 7.43. The zero-order valence-electron chi connectivity index (χ0n) is 10.8. The number of ether oxygens (including phenoxy) is 2. The first kappa shape index (κ1) is 14.0. The number of hydrogen-bond acceptors (Lipinski definition) is 3. The van der Waals surface area contributed by atoms with Gasteiger partial charge in [-0.2, -0.15) is 0 Å². The van der Waals surface area contributed by atoms with Crippen LogP contribution in [0.15, 0.2) is 30.3 Å². The number of likely N-dealkylation sites (N-methyl/N-ethyl adjacent to an activating group) is 1. The second kappa shape index (κ2) is 9.02. The standard InChI is InChI=1S/C14H23NO2/c1-15-13(12-16-2)8-6-7-11-17-14-9-4-3-5-10-14/h3-5,9-10,13,15H,6-8,11-12H2,1-2H3. The molecule has 0 saturated heterocycles. The number of rotatable bonds is 9. The minimum atomic E-state index is 0.455. The van der Waals surface area contributed by atoms with Crippen LogP contribution in [-0.2, 0) is 4.74 Å². The van der Waals surface area contributed by atoms with Crippen molar-refractivity contribution in [2.24, 2.45) is 0 Å². The first-order valence-corrected chi connectivity index (χ1v) is 6.21. The molecule has 17 heavy (non-hydrogen) atoms. The molecule has 3 nitrogen and oxygen atoms in total. The van der Waals surface area contributed by atoms with E-state index < -0.39 is 0 Å². The van der Waals surface area contributed by atoms with E-state index in [9.17, 15) is 0 Å². The van der Waals surface area contributed by atoms with Gasteiger partial charge in [-0.1, -0.05) is 18.2 Å². The molecule has 0 spiro atoms. The quantitative estimate of drug-likeness (QED) is 0.669. The molecular weight excluding hydrogens is 214 g/mol. The molecule has 0 radical (unpaired) electrons. The van der Waals surface area contributed by atoms with E-state index in [1.54, 1.807) is 7.11 Å². The zero-order chi connectivity index (χ0) is 12.3. The second-order valence-electron chi connectivity index (χ2n) is 4.10. The predicted molar refractivity (Wildman–Crippen MR) is 70.5 cm³/mol. The van der Waals surface area contributed by atoms with Gasteiger partial charge < -0.3 is 14.8 Å². The van der Waals surface area contributed by atoms with Gasteiger partial charge in [0.05, 0.1) is 13.2 Å². The third kappa shape index (κ3) is 6.29. The maximum absolute atomic E-state index is 5.63. The minimum Gasteiger partial charge on any atom is -0.494 e. The fourth-order valence-electron chi connectivity index (χ4n) is 1.71. The van der Waals surface area contributed by atoms with E-state index in [0.29, 0.717) is 6.04 Å². The van der Waals surface area contributed by atoms with Crippen molar-refractivity contribution in [3.05, 3.63) is 30.3 Å². The number of para-hydroxylation sites is 1. The average molecular weight is 237 g/mol. The van der Waals surface area contributed by atoms with Gasteiger partial charge in [0.2, 0.25) is 0 Å². The highest BCUT2D eigenvalue weighted by molar-refractivity contribution is 5.20. The summed E-state index contributed by atoms with van der Waals surface area (Å²) in [6.45, 7) is 1.56. The molecule has 3 heteroatoms. The van der Waals surface area contributed by atoms with Gasteiger partial charge in [-0.25, -0.2) is 0 Å². The fraction of sp³-hybridized carbons (Fsp3) is 0.571. The molecular formula is C14H23NO2. The predicted octanol–water partition coefficient (Wildman–Crippen LogP) is 2.47. The summed E-state index contributed by atoms with van der Waals surface area (Å²) in [5.74, 6) is 0.953. The third-order valence-electron chi connectivity index (χ3n) is 2.73. The van der Waals surface area contributed by atoms with Crippen LogP contribution < -0.4 is 10.1 Å². The van der Waals surface area contributed by atoms with Gasteiger partial charge in [-0.05, 0) is 38.4 Å². The van der Waals surface area contributed by atoms with Gasteiger partial charge in [0.15, 0.2) is 0 Å². The lowest BCUT2D eigenvalue weighted by Crippen LogP contribution is -2.29. The van der Waals surface area contributed by atoms with Crippen LogP contribution in [0.2, 0.25) is 0 Å². The Morgan fingerprint density at radius 1 is 1.18 bits per heavy atom. The molecule has 0 heterocycles. The normalized spacial score (nSPS) is 12.4. The zero-order valence-corrected chi connectivity index (χ0v) is 10.8. The summed E-state index contributed by atoms with van der Waals surface area (Å²) in [5.41, 5.74) is 0. The second-order valence-corrected chi connectivity index (χ2v) is 4.10. The van der Waals surface area contributed by atoms with Gasteiger partial charge in [0.25, 0.3) is 0 Å². The van der Waals surface area contributed by atoms with Crippen LogP contribution in [0.1, 0.15) is 19.3 Å². The molecule has 1 aromatic rings. The molecule has 0 aliphatic carbocycles. The Bertz CT molecular complexity index is 277. The molecule has 1 N–H and O–H groups in total. The highest BCUT2D eigenvalue weighted by Crippen LogP contribution is 2.09.